The third-order valence-electron chi connectivity index (χ3n) is 7.64. The van der Waals surface area contributed by atoms with Crippen molar-refractivity contribution >= 4 is 40.8 Å². The molecule has 1 amide bonds. The Labute approximate surface area is 253 Å². The smallest absolute Gasteiger partial charge is 0.335 e. The summed E-state index contributed by atoms with van der Waals surface area (Å²) in [5, 5.41) is 25.5. The van der Waals surface area contributed by atoms with Crippen LogP contribution in [0.1, 0.15) is 55.5 Å². The number of rotatable bonds is 7. The number of anilines is 1. The summed E-state index contributed by atoms with van der Waals surface area (Å²) < 4.78 is 36.9. The summed E-state index contributed by atoms with van der Waals surface area (Å²) in [5.41, 5.74) is -2.01. The van der Waals surface area contributed by atoms with Gasteiger partial charge in [-0.25, -0.2) is 13.6 Å². The molecule has 1 heterocycles. The second kappa shape index (κ2) is 12.0. The van der Waals surface area contributed by atoms with Crippen LogP contribution >= 0.6 is 23.2 Å². The van der Waals surface area contributed by atoms with E-state index in [0.29, 0.717) is 6.42 Å². The Bertz CT molecular complexity index is 1510. The molecule has 2 unspecified atom stereocenters. The minimum absolute atomic E-state index is 0.0250. The fourth-order valence-corrected chi connectivity index (χ4v) is 6.26. The van der Waals surface area contributed by atoms with Crippen molar-refractivity contribution in [3.8, 4) is 11.8 Å². The summed E-state index contributed by atoms with van der Waals surface area (Å²) in [4.78, 5) is 25.5. The number of nitriles is 1. The van der Waals surface area contributed by atoms with Crippen LogP contribution in [0.5, 0.6) is 5.75 Å². The highest BCUT2D eigenvalue weighted by molar-refractivity contribution is 6.30. The number of carboxylic acids is 1. The largest absolute Gasteiger partial charge is 0.495 e. The molecular formula is C31H31Cl2F2N3O4. The van der Waals surface area contributed by atoms with Crippen LogP contribution in [-0.4, -0.2) is 41.6 Å². The molecule has 2 aliphatic rings. The van der Waals surface area contributed by atoms with Gasteiger partial charge < -0.3 is 20.5 Å². The normalized spacial score (nSPS) is 25.7. The number of aromatic carboxylic acids is 1. The second-order valence-corrected chi connectivity index (χ2v) is 12.6. The number of carbonyl (C=O) groups is 2. The van der Waals surface area contributed by atoms with E-state index in [1.807, 2.05) is 20.8 Å². The number of hydrogen-bond donors (Lipinski definition) is 3. The molecule has 0 bridgehead atoms. The number of carboxylic acid groups (broad SMARTS) is 1. The van der Waals surface area contributed by atoms with Crippen molar-refractivity contribution in [2.24, 2.45) is 10.8 Å². The zero-order valence-corrected chi connectivity index (χ0v) is 25.0. The minimum Gasteiger partial charge on any atom is -0.495 e. The first-order chi connectivity index (χ1) is 19.7. The van der Waals surface area contributed by atoms with E-state index in [2.05, 4.69) is 16.7 Å². The third kappa shape index (κ3) is 5.89. The van der Waals surface area contributed by atoms with Crippen molar-refractivity contribution < 1.29 is 28.2 Å². The highest BCUT2D eigenvalue weighted by atomic mass is 35.5. The van der Waals surface area contributed by atoms with Crippen LogP contribution in [0.2, 0.25) is 5.02 Å². The predicted molar refractivity (Wildman–Crippen MR) is 157 cm³/mol. The van der Waals surface area contributed by atoms with E-state index >= 15 is 8.78 Å². The lowest BCUT2D eigenvalue weighted by molar-refractivity contribution is -0.118. The van der Waals surface area contributed by atoms with E-state index in [0.717, 1.165) is 0 Å². The molecule has 0 saturated carbocycles. The van der Waals surface area contributed by atoms with Gasteiger partial charge in [0, 0.05) is 24.0 Å². The van der Waals surface area contributed by atoms with Gasteiger partial charge in [-0.15, -0.1) is 11.6 Å². The first-order valence-electron chi connectivity index (χ1n) is 13.3. The molecule has 1 aliphatic heterocycles. The van der Waals surface area contributed by atoms with Gasteiger partial charge in [0.15, 0.2) is 0 Å². The number of amides is 1. The summed E-state index contributed by atoms with van der Waals surface area (Å²) in [6, 6.07) is 8.52. The highest BCUT2D eigenvalue weighted by Crippen LogP contribution is 2.56. The minimum atomic E-state index is -1.74. The Morgan fingerprint density at radius 3 is 2.57 bits per heavy atom. The van der Waals surface area contributed by atoms with Crippen molar-refractivity contribution in [3.05, 3.63) is 81.9 Å². The van der Waals surface area contributed by atoms with E-state index in [9.17, 15) is 20.0 Å². The zero-order valence-electron chi connectivity index (χ0n) is 23.5. The molecule has 0 aromatic heterocycles. The second-order valence-electron chi connectivity index (χ2n) is 11.7. The molecule has 1 fully saturated rings. The van der Waals surface area contributed by atoms with E-state index in [1.165, 1.54) is 49.6 Å². The molecule has 42 heavy (non-hydrogen) atoms. The standard InChI is InChI=1S/C31H31Cl2F2N3O4/c1-30(2,3)14-24-31(15-36,19-10-9-17(32)13-21(19)34)25(18-6-5-7-20(33)26(18)35)27(38-24)28(39)37-22-11-8-16(29(40)41)12-23(22)42-4/h5-12,17,24-25,27,38H,13-14H2,1-4H3,(H,37,39)(H,40,41)/t17?,24-,25-,27?,31-/m0/s1. The van der Waals surface area contributed by atoms with Crippen LogP contribution in [0.25, 0.3) is 0 Å². The van der Waals surface area contributed by atoms with Crippen molar-refractivity contribution in [1.29, 1.82) is 5.26 Å². The van der Waals surface area contributed by atoms with Crippen LogP contribution in [0, 0.1) is 28.0 Å². The molecule has 0 spiro atoms. The van der Waals surface area contributed by atoms with Crippen molar-refractivity contribution in [2.45, 2.75) is 57.0 Å². The average molecular weight is 619 g/mol. The maximum absolute atomic E-state index is 15.8. The molecule has 5 atom stereocenters. The number of nitrogens with one attached hydrogen (secondary N) is 2. The highest BCUT2D eigenvalue weighted by Gasteiger charge is 2.61. The molecule has 4 rings (SSSR count). The van der Waals surface area contributed by atoms with E-state index in [-0.39, 0.29) is 45.0 Å². The molecular weight excluding hydrogens is 587 g/mol. The number of halogens is 4. The van der Waals surface area contributed by atoms with Gasteiger partial charge in [0.2, 0.25) is 5.91 Å². The van der Waals surface area contributed by atoms with Gasteiger partial charge in [-0.3, -0.25) is 4.79 Å². The molecule has 3 N–H and O–H groups in total. The summed E-state index contributed by atoms with van der Waals surface area (Å²) >= 11 is 12.4. The number of nitrogens with zero attached hydrogens (tertiary/aromatic N) is 1. The van der Waals surface area contributed by atoms with Gasteiger partial charge in [0.1, 0.15) is 22.8 Å². The maximum atomic E-state index is 15.8. The number of hydrogen-bond acceptors (Lipinski definition) is 5. The lowest BCUT2D eigenvalue weighted by Gasteiger charge is -2.39. The van der Waals surface area contributed by atoms with Crippen LogP contribution in [0.15, 0.2) is 60.0 Å². The Morgan fingerprint density at radius 1 is 1.26 bits per heavy atom. The lowest BCUT2D eigenvalue weighted by atomic mass is 9.61. The lowest BCUT2D eigenvalue weighted by Crippen LogP contribution is -2.43. The van der Waals surface area contributed by atoms with E-state index < -0.39 is 52.3 Å². The molecule has 11 heteroatoms. The maximum Gasteiger partial charge on any atom is 0.335 e. The van der Waals surface area contributed by atoms with Crippen LogP contribution in [0.4, 0.5) is 14.5 Å². The van der Waals surface area contributed by atoms with Gasteiger partial charge in [0.25, 0.3) is 0 Å². The van der Waals surface area contributed by atoms with Gasteiger partial charge in [-0.2, -0.15) is 5.26 Å². The number of ether oxygens (including phenoxy) is 1. The SMILES string of the molecule is COc1cc(C(=O)O)ccc1NC(=O)C1N[C@@H](CC(C)(C)C)[C@](C#N)(C2=C(F)CC(Cl)C=C2)[C@H]1c1cccc(Cl)c1F. The Morgan fingerprint density at radius 2 is 1.98 bits per heavy atom. The third-order valence-corrected chi connectivity index (χ3v) is 8.24. The molecule has 1 saturated heterocycles. The van der Waals surface area contributed by atoms with Crippen molar-refractivity contribution in [2.75, 3.05) is 12.4 Å². The molecule has 0 radical (unpaired) electrons. The predicted octanol–water partition coefficient (Wildman–Crippen LogP) is 6.99. The molecule has 1 aliphatic carbocycles. The zero-order chi connectivity index (χ0) is 31.0. The van der Waals surface area contributed by atoms with E-state index in [4.69, 9.17) is 27.9 Å². The Kier molecular flexibility index (Phi) is 9.02. The van der Waals surface area contributed by atoms with Crippen LogP contribution in [-0.2, 0) is 4.79 Å². The average Bonchev–Trinajstić information content (AvgIpc) is 3.23. The number of benzene rings is 2. The van der Waals surface area contributed by atoms with Crippen LogP contribution < -0.4 is 15.4 Å². The first kappa shape index (κ1) is 31.5. The molecule has 222 valence electrons. The summed E-state index contributed by atoms with van der Waals surface area (Å²) in [6.45, 7) is 5.85. The van der Waals surface area contributed by atoms with Gasteiger partial charge in [-0.05, 0) is 41.7 Å². The van der Waals surface area contributed by atoms with Gasteiger partial charge >= 0.3 is 5.97 Å². The quantitative estimate of drug-likeness (QED) is 0.289. The van der Waals surface area contributed by atoms with Crippen molar-refractivity contribution in [1.82, 2.24) is 5.32 Å². The summed E-state index contributed by atoms with van der Waals surface area (Å²) in [6.07, 6.45) is 3.21. The fourth-order valence-electron chi connectivity index (χ4n) is 5.87. The topological polar surface area (TPSA) is 111 Å². The summed E-state index contributed by atoms with van der Waals surface area (Å²) in [5.74, 6) is -4.41. The van der Waals surface area contributed by atoms with Crippen LogP contribution in [0.3, 0.4) is 0 Å². The molecule has 7 nitrogen and oxygen atoms in total. The Hall–Kier alpha value is -3.45. The first-order valence-corrected chi connectivity index (χ1v) is 14.1. The van der Waals surface area contributed by atoms with E-state index in [1.54, 1.807) is 6.08 Å². The fraction of sp³-hybridized carbons (Fsp3) is 0.387. The van der Waals surface area contributed by atoms with Gasteiger partial charge in [0.05, 0.1) is 40.9 Å². The number of methoxy groups -OCH3 is 1. The number of carbonyl (C=O) groups excluding carboxylic acids is 1. The summed E-state index contributed by atoms with van der Waals surface area (Å²) in [7, 11) is 1.32. The number of alkyl halides is 1. The monoisotopic (exact) mass is 617 g/mol. The van der Waals surface area contributed by atoms with Gasteiger partial charge in [-0.1, -0.05) is 56.7 Å². The Balaban J connectivity index is 1.93. The molecule has 2 aromatic carbocycles. The van der Waals surface area contributed by atoms with Crippen molar-refractivity contribution in [3.63, 3.8) is 0 Å². The molecule has 2 aromatic rings. The number of allylic oxidation sites excluding steroid dienone is 3.